The topological polar surface area (TPSA) is 72.9 Å². The quantitative estimate of drug-likeness (QED) is 0.686. The number of nitrogens with zero attached hydrogens (tertiary/aromatic N) is 2. The maximum absolute atomic E-state index is 13.2. The molecule has 3 N–H and O–H groups in total. The molecule has 144 valence electrons. The highest BCUT2D eigenvalue weighted by Gasteiger charge is 2.34. The van der Waals surface area contributed by atoms with Gasteiger partial charge in [0.25, 0.3) is 5.91 Å². The molecule has 1 amide bonds. The van der Waals surface area contributed by atoms with Crippen LogP contribution in [0.1, 0.15) is 41.0 Å². The number of carbonyl (C=O) groups is 1. The summed E-state index contributed by atoms with van der Waals surface area (Å²) >= 11 is 1.40. The summed E-state index contributed by atoms with van der Waals surface area (Å²) in [5.74, 6) is -0.368. The summed E-state index contributed by atoms with van der Waals surface area (Å²) < 4.78 is 15.0. The lowest BCUT2D eigenvalue weighted by Gasteiger charge is -2.28. The first-order valence-corrected chi connectivity index (χ1v) is 9.61. The van der Waals surface area contributed by atoms with Crippen LogP contribution in [0.15, 0.2) is 30.3 Å². The number of rotatable bonds is 4. The minimum absolute atomic E-state index is 0. The number of aryl methyl sites for hydroxylation is 1. The first kappa shape index (κ1) is 19.8. The Balaban J connectivity index is 0.00000210. The van der Waals surface area contributed by atoms with Gasteiger partial charge in [0.15, 0.2) is 0 Å². The molecule has 0 saturated heterocycles. The van der Waals surface area contributed by atoms with Gasteiger partial charge in [0, 0.05) is 11.9 Å². The van der Waals surface area contributed by atoms with Crippen molar-refractivity contribution in [3.63, 3.8) is 0 Å². The number of fused-ring (bicyclic) bond motifs is 1. The molecular weight excluding hydrogens is 387 g/mol. The zero-order valence-corrected chi connectivity index (χ0v) is 16.6. The highest BCUT2D eigenvalue weighted by atomic mass is 35.5. The van der Waals surface area contributed by atoms with Crippen LogP contribution < -0.4 is 11.1 Å². The zero-order chi connectivity index (χ0) is 18.3. The summed E-state index contributed by atoms with van der Waals surface area (Å²) in [7, 11) is 0. The zero-order valence-electron chi connectivity index (χ0n) is 15.0. The molecule has 1 fully saturated rings. The van der Waals surface area contributed by atoms with Gasteiger partial charge in [0.05, 0.1) is 21.8 Å². The van der Waals surface area contributed by atoms with Gasteiger partial charge in [0.2, 0.25) is 0 Å². The average molecular weight is 409 g/mol. The fourth-order valence-electron chi connectivity index (χ4n) is 3.65. The molecule has 1 saturated carbocycles. The van der Waals surface area contributed by atoms with Crippen LogP contribution >= 0.6 is 23.7 Å². The summed E-state index contributed by atoms with van der Waals surface area (Å²) in [6.45, 7) is 2.38. The molecule has 2 aromatic heterocycles. The van der Waals surface area contributed by atoms with Crippen molar-refractivity contribution >= 4 is 39.9 Å². The van der Waals surface area contributed by atoms with Gasteiger partial charge in [-0.05, 0) is 50.1 Å². The number of nitrogens with two attached hydrogens (primary N) is 1. The second kappa shape index (κ2) is 7.58. The molecule has 0 bridgehead atoms. The van der Waals surface area contributed by atoms with E-state index in [0.29, 0.717) is 11.4 Å². The Bertz CT molecular complexity index is 960. The van der Waals surface area contributed by atoms with E-state index in [1.54, 1.807) is 16.8 Å². The molecule has 8 heteroatoms. The summed E-state index contributed by atoms with van der Waals surface area (Å²) in [5, 5.41) is 8.64. The predicted octanol–water partition coefficient (Wildman–Crippen LogP) is 3.96. The third-order valence-corrected chi connectivity index (χ3v) is 6.28. The van der Waals surface area contributed by atoms with E-state index >= 15 is 0 Å². The van der Waals surface area contributed by atoms with E-state index in [9.17, 15) is 9.18 Å². The highest BCUT2D eigenvalue weighted by molar-refractivity contribution is 7.20. The van der Waals surface area contributed by atoms with Crippen molar-refractivity contribution in [2.75, 3.05) is 6.54 Å². The summed E-state index contributed by atoms with van der Waals surface area (Å²) in [5.41, 5.74) is 7.27. The van der Waals surface area contributed by atoms with Crippen LogP contribution in [-0.2, 0) is 0 Å². The molecule has 1 aliphatic carbocycles. The second-order valence-electron chi connectivity index (χ2n) is 6.95. The van der Waals surface area contributed by atoms with Crippen molar-refractivity contribution in [1.82, 2.24) is 15.1 Å². The maximum Gasteiger partial charge on any atom is 0.261 e. The largest absolute Gasteiger partial charge is 0.345 e. The van der Waals surface area contributed by atoms with Crippen LogP contribution in [0, 0.1) is 12.7 Å². The Morgan fingerprint density at radius 1 is 1.33 bits per heavy atom. The molecule has 27 heavy (non-hydrogen) atoms. The van der Waals surface area contributed by atoms with E-state index in [-0.39, 0.29) is 29.7 Å². The number of hydrogen-bond acceptors (Lipinski definition) is 4. The van der Waals surface area contributed by atoms with Gasteiger partial charge in [0.1, 0.15) is 10.6 Å². The fraction of sp³-hybridized carbons (Fsp3) is 0.368. The van der Waals surface area contributed by atoms with Crippen LogP contribution in [0.25, 0.3) is 15.9 Å². The third kappa shape index (κ3) is 3.59. The molecule has 0 unspecified atom stereocenters. The van der Waals surface area contributed by atoms with Crippen LogP contribution in [0.2, 0.25) is 0 Å². The number of nitrogens with one attached hydrogen (secondary N) is 1. The Morgan fingerprint density at radius 3 is 2.63 bits per heavy atom. The molecule has 2 heterocycles. The molecule has 5 nitrogen and oxygen atoms in total. The van der Waals surface area contributed by atoms with Crippen molar-refractivity contribution in [3.05, 3.63) is 46.7 Å². The molecule has 0 atom stereocenters. The van der Waals surface area contributed by atoms with E-state index in [0.717, 1.165) is 47.3 Å². The van der Waals surface area contributed by atoms with Crippen LogP contribution in [0.4, 0.5) is 4.39 Å². The average Bonchev–Trinajstić information content (AvgIpc) is 3.33. The Kier molecular flexibility index (Phi) is 5.55. The SMILES string of the molecule is Cc1nn(-c2ccc(F)cc2)c2sc(C(=O)NC3(CN)CCCC3)cc12.Cl. The van der Waals surface area contributed by atoms with E-state index in [1.807, 2.05) is 13.0 Å². The fourth-order valence-corrected chi connectivity index (χ4v) is 4.73. The predicted molar refractivity (Wildman–Crippen MR) is 109 cm³/mol. The molecule has 3 aromatic rings. The summed E-state index contributed by atoms with van der Waals surface area (Å²) in [6, 6.07) is 8.07. The van der Waals surface area contributed by atoms with Crippen molar-refractivity contribution < 1.29 is 9.18 Å². The number of amides is 1. The Morgan fingerprint density at radius 2 is 2.00 bits per heavy atom. The van der Waals surface area contributed by atoms with E-state index in [4.69, 9.17) is 5.73 Å². The minimum atomic E-state index is -0.288. The summed E-state index contributed by atoms with van der Waals surface area (Å²) in [6.07, 6.45) is 4.07. The van der Waals surface area contributed by atoms with Crippen molar-refractivity contribution in [1.29, 1.82) is 0 Å². The number of aromatic nitrogens is 2. The van der Waals surface area contributed by atoms with Gasteiger partial charge in [-0.1, -0.05) is 12.8 Å². The first-order chi connectivity index (χ1) is 12.5. The van der Waals surface area contributed by atoms with Gasteiger partial charge < -0.3 is 11.1 Å². The van der Waals surface area contributed by atoms with Crippen molar-refractivity contribution in [2.24, 2.45) is 5.73 Å². The number of halogens is 2. The lowest BCUT2D eigenvalue weighted by atomic mass is 9.98. The normalized spacial score (nSPS) is 15.7. The molecule has 1 aliphatic rings. The lowest BCUT2D eigenvalue weighted by Crippen LogP contribution is -2.51. The van der Waals surface area contributed by atoms with Crippen molar-refractivity contribution in [3.8, 4) is 5.69 Å². The maximum atomic E-state index is 13.2. The molecule has 4 rings (SSSR count). The molecule has 0 spiro atoms. The highest BCUT2D eigenvalue weighted by Crippen LogP contribution is 2.33. The summed E-state index contributed by atoms with van der Waals surface area (Å²) in [4.78, 5) is 14.3. The van der Waals surface area contributed by atoms with Gasteiger partial charge in [-0.2, -0.15) is 5.10 Å². The number of thiophene rings is 1. The van der Waals surface area contributed by atoms with Gasteiger partial charge in [-0.3, -0.25) is 4.79 Å². The van der Waals surface area contributed by atoms with Gasteiger partial charge in [-0.15, -0.1) is 23.7 Å². The van der Waals surface area contributed by atoms with E-state index < -0.39 is 0 Å². The van der Waals surface area contributed by atoms with E-state index in [2.05, 4.69) is 10.4 Å². The first-order valence-electron chi connectivity index (χ1n) is 8.79. The number of carbonyl (C=O) groups excluding carboxylic acids is 1. The van der Waals surface area contributed by atoms with Crippen LogP contribution in [0.3, 0.4) is 0 Å². The van der Waals surface area contributed by atoms with Crippen LogP contribution in [0.5, 0.6) is 0 Å². The molecule has 0 radical (unpaired) electrons. The van der Waals surface area contributed by atoms with E-state index in [1.165, 1.54) is 23.5 Å². The van der Waals surface area contributed by atoms with Gasteiger partial charge >= 0.3 is 0 Å². The molecule has 1 aromatic carbocycles. The monoisotopic (exact) mass is 408 g/mol. The molecule has 0 aliphatic heterocycles. The lowest BCUT2D eigenvalue weighted by molar-refractivity contribution is 0.0907. The smallest absolute Gasteiger partial charge is 0.261 e. The third-order valence-electron chi connectivity index (χ3n) is 5.17. The number of benzene rings is 1. The Labute approximate surface area is 167 Å². The van der Waals surface area contributed by atoms with Crippen LogP contribution in [-0.4, -0.2) is 27.8 Å². The Hall–Kier alpha value is -1.96. The molecular formula is C19H22ClFN4OS. The van der Waals surface area contributed by atoms with Gasteiger partial charge in [-0.25, -0.2) is 9.07 Å². The minimum Gasteiger partial charge on any atom is -0.345 e. The standard InChI is InChI=1S/C19H21FN4OS.ClH/c1-12-15-10-16(17(25)22-19(11-21)8-2-3-9-19)26-18(15)24(23-12)14-6-4-13(20)5-7-14;/h4-7,10H,2-3,8-9,11,21H2,1H3,(H,22,25);1H. The second-order valence-corrected chi connectivity index (χ2v) is 7.98. The van der Waals surface area contributed by atoms with Crippen molar-refractivity contribution in [2.45, 2.75) is 38.1 Å². The number of hydrogen-bond donors (Lipinski definition) is 2.